The molecule has 2 aromatic rings. The van der Waals surface area contributed by atoms with E-state index < -0.39 is 18.0 Å². The number of nitrogens with zero attached hydrogens (tertiary/aromatic N) is 4. The molecule has 2 heterocycles. The molecule has 7 nitrogen and oxygen atoms in total. The zero-order valence-electron chi connectivity index (χ0n) is 12.3. The molecule has 1 unspecified atom stereocenters. The molecule has 1 aliphatic heterocycles. The number of ether oxygens (including phenoxy) is 1. The van der Waals surface area contributed by atoms with Crippen LogP contribution in [0.25, 0.3) is 5.82 Å². The van der Waals surface area contributed by atoms with E-state index in [-0.39, 0.29) is 17.3 Å². The Morgan fingerprint density at radius 2 is 2.00 bits per heavy atom. The Hall–Kier alpha value is -3.22. The van der Waals surface area contributed by atoms with E-state index in [1.165, 1.54) is 7.11 Å². The topological polar surface area (TPSA) is 102 Å². The number of aromatic nitrogens is 3. The molecule has 0 saturated carbocycles. The second-order valence-corrected chi connectivity index (χ2v) is 4.93. The number of rotatable bonds is 2. The second kappa shape index (κ2) is 5.45. The van der Waals surface area contributed by atoms with Gasteiger partial charge in [-0.1, -0.05) is 12.1 Å². The summed E-state index contributed by atoms with van der Waals surface area (Å²) >= 11 is 0. The van der Waals surface area contributed by atoms with Gasteiger partial charge in [0, 0.05) is 0 Å². The number of alkyl halides is 3. The van der Waals surface area contributed by atoms with Crippen LogP contribution in [0.5, 0.6) is 5.75 Å². The third kappa shape index (κ3) is 2.50. The van der Waals surface area contributed by atoms with Crippen LogP contribution in [0, 0.1) is 11.3 Å². The molecule has 3 N–H and O–H groups in total. The molecule has 0 radical (unpaired) electrons. The van der Waals surface area contributed by atoms with Gasteiger partial charge >= 0.3 is 6.18 Å². The maximum atomic E-state index is 12.8. The highest BCUT2D eigenvalue weighted by atomic mass is 19.4. The van der Waals surface area contributed by atoms with Crippen LogP contribution in [-0.2, 0) is 6.18 Å². The Balaban J connectivity index is 2.06. The highest BCUT2D eigenvalue weighted by Gasteiger charge is 2.39. The minimum atomic E-state index is -4.71. The van der Waals surface area contributed by atoms with E-state index in [2.05, 4.69) is 15.4 Å². The van der Waals surface area contributed by atoms with Gasteiger partial charge in [-0.2, -0.15) is 28.1 Å². The smallest absolute Gasteiger partial charge is 0.453 e. The summed E-state index contributed by atoms with van der Waals surface area (Å²) in [5.41, 5.74) is 6.50. The van der Waals surface area contributed by atoms with Crippen LogP contribution < -0.4 is 15.8 Å². The summed E-state index contributed by atoms with van der Waals surface area (Å²) in [6.07, 6.45) is -4.71. The Labute approximate surface area is 134 Å². The first kappa shape index (κ1) is 15.7. The van der Waals surface area contributed by atoms with Gasteiger partial charge in [0.15, 0.2) is 0 Å². The van der Waals surface area contributed by atoms with Crippen LogP contribution in [0.1, 0.15) is 17.4 Å². The highest BCUT2D eigenvalue weighted by molar-refractivity contribution is 5.65. The van der Waals surface area contributed by atoms with E-state index in [1.54, 1.807) is 24.3 Å². The van der Waals surface area contributed by atoms with Gasteiger partial charge in [-0.25, -0.2) is 0 Å². The number of nitriles is 1. The van der Waals surface area contributed by atoms with Crippen molar-refractivity contribution in [2.75, 3.05) is 12.4 Å². The van der Waals surface area contributed by atoms with Crippen molar-refractivity contribution in [3.8, 4) is 11.8 Å². The molecule has 1 aromatic carbocycles. The van der Waals surface area contributed by atoms with Crippen molar-refractivity contribution in [2.45, 2.75) is 12.2 Å². The number of nitrogens with two attached hydrogens (primary N) is 1. The summed E-state index contributed by atoms with van der Waals surface area (Å²) in [7, 11) is 1.51. The Bertz CT molecular complexity index is 847. The lowest BCUT2D eigenvalue weighted by Crippen LogP contribution is -2.27. The number of methoxy groups -OCH3 is 1. The van der Waals surface area contributed by atoms with Gasteiger partial charge in [0.05, 0.1) is 18.7 Å². The average Bonchev–Trinajstić information content (AvgIpc) is 2.99. The standard InChI is InChI=1S/C14H11F3N6O/c1-24-8-4-2-7(3-5-8)10-9(6-18)11(19)23-13(20-10)21-12(22-23)14(15,16)17/h2-5,10H,19H2,1H3,(H,20,21,22). The molecule has 0 aliphatic carbocycles. The van der Waals surface area contributed by atoms with Crippen LogP contribution in [0.4, 0.5) is 19.1 Å². The van der Waals surface area contributed by atoms with E-state index in [4.69, 9.17) is 10.5 Å². The quantitative estimate of drug-likeness (QED) is 0.871. The predicted octanol–water partition coefficient (Wildman–Crippen LogP) is 2.12. The van der Waals surface area contributed by atoms with Gasteiger partial charge < -0.3 is 15.8 Å². The predicted molar refractivity (Wildman–Crippen MR) is 77.4 cm³/mol. The summed E-state index contributed by atoms with van der Waals surface area (Å²) < 4.78 is 44.2. The van der Waals surface area contributed by atoms with Crippen molar-refractivity contribution in [3.05, 3.63) is 41.2 Å². The second-order valence-electron chi connectivity index (χ2n) is 4.93. The van der Waals surface area contributed by atoms with Crippen molar-refractivity contribution in [1.82, 2.24) is 14.8 Å². The van der Waals surface area contributed by atoms with Crippen LogP contribution in [0.2, 0.25) is 0 Å². The highest BCUT2D eigenvalue weighted by Crippen LogP contribution is 2.35. The molecule has 3 rings (SSSR count). The third-order valence-electron chi connectivity index (χ3n) is 3.50. The molecule has 0 saturated heterocycles. The monoisotopic (exact) mass is 336 g/mol. The average molecular weight is 336 g/mol. The number of hydrogen-bond acceptors (Lipinski definition) is 6. The molecule has 0 bridgehead atoms. The lowest BCUT2D eigenvalue weighted by Gasteiger charge is -2.25. The lowest BCUT2D eigenvalue weighted by molar-refractivity contribution is -0.144. The Morgan fingerprint density at radius 3 is 2.54 bits per heavy atom. The molecular formula is C14H11F3N6O. The van der Waals surface area contributed by atoms with Crippen LogP contribution >= 0.6 is 0 Å². The Morgan fingerprint density at radius 1 is 1.33 bits per heavy atom. The number of fused-ring (bicyclic) bond motifs is 1. The maximum absolute atomic E-state index is 12.8. The number of benzene rings is 1. The lowest BCUT2D eigenvalue weighted by atomic mass is 9.98. The zero-order chi connectivity index (χ0) is 17.5. The summed E-state index contributed by atoms with van der Waals surface area (Å²) in [5, 5.41) is 15.4. The zero-order valence-corrected chi connectivity index (χ0v) is 12.3. The summed E-state index contributed by atoms with van der Waals surface area (Å²) in [6, 6.07) is 7.87. The number of nitrogens with one attached hydrogen (secondary N) is 1. The van der Waals surface area contributed by atoms with E-state index in [9.17, 15) is 18.4 Å². The summed E-state index contributed by atoms with van der Waals surface area (Å²) in [5.74, 6) is -1.11. The van der Waals surface area contributed by atoms with Gasteiger partial charge in [0.25, 0.3) is 5.82 Å². The van der Waals surface area contributed by atoms with Gasteiger partial charge in [-0.15, -0.1) is 5.10 Å². The normalized spacial score (nSPS) is 17.0. The van der Waals surface area contributed by atoms with Crippen molar-refractivity contribution < 1.29 is 17.9 Å². The van der Waals surface area contributed by atoms with Crippen LogP contribution in [0.3, 0.4) is 0 Å². The molecule has 10 heteroatoms. The molecular weight excluding hydrogens is 325 g/mol. The van der Waals surface area contributed by atoms with Crippen molar-refractivity contribution in [1.29, 1.82) is 5.26 Å². The summed E-state index contributed by atoms with van der Waals surface area (Å²) in [4.78, 5) is 3.42. The first-order valence-corrected chi connectivity index (χ1v) is 6.70. The fourth-order valence-electron chi connectivity index (χ4n) is 2.33. The molecule has 1 aliphatic rings. The number of hydrogen-bond donors (Lipinski definition) is 2. The molecule has 0 spiro atoms. The van der Waals surface area contributed by atoms with Gasteiger partial charge in [-0.3, -0.25) is 0 Å². The van der Waals surface area contributed by atoms with Crippen LogP contribution in [0.15, 0.2) is 29.8 Å². The number of anilines is 1. The minimum absolute atomic E-state index is 0.0475. The third-order valence-corrected chi connectivity index (χ3v) is 3.50. The van der Waals surface area contributed by atoms with Gasteiger partial charge in [-0.05, 0) is 17.7 Å². The van der Waals surface area contributed by atoms with Gasteiger partial charge in [0.2, 0.25) is 5.95 Å². The largest absolute Gasteiger partial charge is 0.497 e. The fourth-order valence-corrected chi connectivity index (χ4v) is 2.33. The van der Waals surface area contributed by atoms with E-state index in [0.29, 0.717) is 11.3 Å². The maximum Gasteiger partial charge on any atom is 0.453 e. The molecule has 24 heavy (non-hydrogen) atoms. The van der Waals surface area contributed by atoms with Crippen molar-refractivity contribution in [2.24, 2.45) is 5.73 Å². The van der Waals surface area contributed by atoms with E-state index in [0.717, 1.165) is 4.68 Å². The summed E-state index contributed by atoms with van der Waals surface area (Å²) in [6.45, 7) is 0. The Kier molecular flexibility index (Phi) is 3.56. The molecule has 1 atom stereocenters. The molecule has 0 amide bonds. The molecule has 1 aromatic heterocycles. The van der Waals surface area contributed by atoms with E-state index in [1.807, 2.05) is 6.07 Å². The van der Waals surface area contributed by atoms with Crippen molar-refractivity contribution in [3.63, 3.8) is 0 Å². The first-order valence-electron chi connectivity index (χ1n) is 6.70. The van der Waals surface area contributed by atoms with E-state index >= 15 is 0 Å². The number of halogens is 3. The fraction of sp³-hybridized carbons (Fsp3) is 0.214. The molecule has 0 fully saturated rings. The first-order chi connectivity index (χ1) is 11.3. The molecule has 124 valence electrons. The minimum Gasteiger partial charge on any atom is -0.497 e. The van der Waals surface area contributed by atoms with Crippen molar-refractivity contribution >= 4 is 11.8 Å². The SMILES string of the molecule is COc1ccc(C2Nc3nc(C(F)(F)F)nn3C(N)=C2C#N)cc1. The van der Waals surface area contributed by atoms with Crippen LogP contribution in [-0.4, -0.2) is 21.9 Å². The van der Waals surface area contributed by atoms with Gasteiger partial charge in [0.1, 0.15) is 17.6 Å².